The number of ether oxygens (including phenoxy) is 3. The first-order valence-electron chi connectivity index (χ1n) is 12.8. The molecule has 4 nitrogen and oxygen atoms in total. The molecule has 2 aromatic rings. The van der Waals surface area contributed by atoms with Gasteiger partial charge in [0, 0.05) is 2.74 Å². The number of aryl methyl sites for hydroxylation is 2. The van der Waals surface area contributed by atoms with E-state index >= 15 is 0 Å². The first kappa shape index (κ1) is 9.48. The number of hydrogen-bond donors (Lipinski definition) is 1. The molecule has 0 aromatic heterocycles. The maximum absolute atomic E-state index is 10.4. The zero-order valence-corrected chi connectivity index (χ0v) is 13.9. The Hall–Kier alpha value is -2.20. The van der Waals surface area contributed by atoms with Crippen molar-refractivity contribution >= 4 is 0 Å². The van der Waals surface area contributed by atoms with Gasteiger partial charge in [-0.05, 0) is 61.5 Å². The van der Waals surface area contributed by atoms with Crippen molar-refractivity contribution in [1.82, 2.24) is 0 Å². The molecule has 0 saturated heterocycles. The highest BCUT2D eigenvalue weighted by atomic mass is 16.5. The number of aliphatic hydroxyl groups excluding tert-OH is 1. The molecule has 1 N–H and O–H groups in total. The lowest BCUT2D eigenvalue weighted by Gasteiger charge is -2.13. The molecular weight excluding hydrogens is 316 g/mol. The summed E-state index contributed by atoms with van der Waals surface area (Å²) in [6.07, 6.45) is -4.33. The number of rotatable bonds is 10. The Kier molecular flexibility index (Phi) is 3.77. The average molecular weight is 355 g/mol. The summed E-state index contributed by atoms with van der Waals surface area (Å²) in [5.74, 6) is -0.423. The summed E-state index contributed by atoms with van der Waals surface area (Å²) in [4.78, 5) is 0. The smallest absolute Gasteiger partial charge is 0.160 e. The van der Waals surface area contributed by atoms with Crippen molar-refractivity contribution in [2.24, 2.45) is 0 Å². The Morgan fingerprint density at radius 2 is 1.92 bits per heavy atom. The molecular formula is C21H28O4. The molecule has 136 valence electrons. The Bertz CT molecular complexity index is 989. The van der Waals surface area contributed by atoms with Crippen LogP contribution in [0.3, 0.4) is 0 Å². The number of benzene rings is 2. The lowest BCUT2D eigenvalue weighted by atomic mass is 10.0. The van der Waals surface area contributed by atoms with Gasteiger partial charge in [-0.1, -0.05) is 24.6 Å². The van der Waals surface area contributed by atoms with Gasteiger partial charge in [0.1, 0.15) is 12.3 Å². The molecule has 0 aliphatic heterocycles. The van der Waals surface area contributed by atoms with E-state index < -0.39 is 33.1 Å². The summed E-state index contributed by atoms with van der Waals surface area (Å²) < 4.78 is 90.7. The second-order valence-corrected chi connectivity index (χ2v) is 5.48. The molecule has 0 saturated carbocycles. The van der Waals surface area contributed by atoms with E-state index in [0.717, 1.165) is 5.56 Å². The molecule has 0 fully saturated rings. The maximum Gasteiger partial charge on any atom is 0.160 e. The highest BCUT2D eigenvalue weighted by molar-refractivity contribution is 5.42. The van der Waals surface area contributed by atoms with Crippen molar-refractivity contribution in [2.75, 3.05) is 20.6 Å². The fourth-order valence-corrected chi connectivity index (χ4v) is 2.25. The van der Waals surface area contributed by atoms with Gasteiger partial charge in [-0.25, -0.2) is 0 Å². The summed E-state index contributed by atoms with van der Waals surface area (Å²) in [6, 6.07) is 10.5. The molecule has 0 spiro atoms. The zero-order valence-electron chi connectivity index (χ0n) is 23.9. The molecule has 0 aliphatic rings. The SMILES string of the molecule is [2H]C([2H])([2H])Oc1ccc(CCCC([2H])([2H])C(O)C([2H])([2H])Oc2cccc(C)c2)cc1OC([2H])([2H])[2H]. The molecule has 4 heteroatoms. The van der Waals surface area contributed by atoms with Crippen molar-refractivity contribution in [2.45, 2.75) is 38.7 Å². The molecule has 0 aliphatic carbocycles. The van der Waals surface area contributed by atoms with Crippen LogP contribution in [0.15, 0.2) is 42.5 Å². The van der Waals surface area contributed by atoms with E-state index in [1.165, 1.54) is 24.3 Å². The van der Waals surface area contributed by atoms with Crippen LogP contribution in [-0.2, 0) is 6.42 Å². The molecule has 1 unspecified atom stereocenters. The van der Waals surface area contributed by atoms with E-state index in [0.29, 0.717) is 5.56 Å². The second-order valence-electron chi connectivity index (χ2n) is 5.48. The molecule has 25 heavy (non-hydrogen) atoms. The monoisotopic (exact) mass is 354 g/mol. The lowest BCUT2D eigenvalue weighted by Crippen LogP contribution is -2.17. The van der Waals surface area contributed by atoms with E-state index in [2.05, 4.69) is 0 Å². The van der Waals surface area contributed by atoms with E-state index in [1.54, 1.807) is 25.1 Å². The summed E-state index contributed by atoms with van der Waals surface area (Å²) in [6.45, 7) is -0.916. The largest absolute Gasteiger partial charge is 0.493 e. The van der Waals surface area contributed by atoms with Gasteiger partial charge in [0.25, 0.3) is 0 Å². The van der Waals surface area contributed by atoms with Gasteiger partial charge in [0.05, 0.1) is 31.1 Å². The van der Waals surface area contributed by atoms with Gasteiger partial charge in [-0.2, -0.15) is 0 Å². The summed E-state index contributed by atoms with van der Waals surface area (Å²) >= 11 is 0. The Morgan fingerprint density at radius 1 is 1.08 bits per heavy atom. The van der Waals surface area contributed by atoms with Crippen LogP contribution in [0.5, 0.6) is 17.2 Å². The minimum absolute atomic E-state index is 0.150. The van der Waals surface area contributed by atoms with E-state index in [1.807, 2.05) is 0 Å². The van der Waals surface area contributed by atoms with Crippen molar-refractivity contribution in [1.29, 1.82) is 0 Å². The fraction of sp³-hybridized carbons (Fsp3) is 0.429. The number of methoxy groups -OCH3 is 2. The Labute approximate surface area is 164 Å². The number of aliphatic hydroxyl groups is 1. The van der Waals surface area contributed by atoms with Gasteiger partial charge in [0.2, 0.25) is 0 Å². The van der Waals surface area contributed by atoms with Crippen molar-refractivity contribution in [3.05, 3.63) is 53.6 Å². The third-order valence-electron chi connectivity index (χ3n) is 3.49. The van der Waals surface area contributed by atoms with E-state index in [9.17, 15) is 5.11 Å². The predicted molar refractivity (Wildman–Crippen MR) is 99.8 cm³/mol. The molecule has 2 rings (SSSR count). The topological polar surface area (TPSA) is 47.9 Å². The normalized spacial score (nSPS) is 19.9. The van der Waals surface area contributed by atoms with Gasteiger partial charge >= 0.3 is 0 Å². The zero-order chi connectivity index (χ0) is 26.7. The van der Waals surface area contributed by atoms with Crippen LogP contribution in [0.1, 0.15) is 44.0 Å². The summed E-state index contributed by atoms with van der Waals surface area (Å²) in [7, 11) is -5.67. The third-order valence-corrected chi connectivity index (χ3v) is 3.49. The fourth-order valence-electron chi connectivity index (χ4n) is 2.25. The molecule has 0 bridgehead atoms. The standard InChI is InChI=1S/C21H28O4/c1-16-7-6-10-19(13-16)25-15-18(22)9-5-4-8-17-11-12-20(23-2)21(14-17)24-3/h6-7,10-14,18,22H,4-5,8-9,15H2,1-3H3/i2D3,3D3,9D2,15D2. The van der Waals surface area contributed by atoms with Crippen molar-refractivity contribution in [3.63, 3.8) is 0 Å². The van der Waals surface area contributed by atoms with Crippen LogP contribution in [-0.4, -0.2) is 31.8 Å². The van der Waals surface area contributed by atoms with Gasteiger partial charge in [0.15, 0.2) is 11.5 Å². The highest BCUT2D eigenvalue weighted by Crippen LogP contribution is 2.28. The van der Waals surface area contributed by atoms with Crippen molar-refractivity contribution < 1.29 is 33.0 Å². The predicted octanol–water partition coefficient (Wildman–Crippen LogP) is 4.16. The molecule has 0 amide bonds. The quantitative estimate of drug-likeness (QED) is 0.696. The first-order valence-corrected chi connectivity index (χ1v) is 7.83. The molecule has 1 atom stereocenters. The second kappa shape index (κ2) is 9.94. The minimum Gasteiger partial charge on any atom is -0.493 e. The van der Waals surface area contributed by atoms with Crippen LogP contribution < -0.4 is 14.2 Å². The average Bonchev–Trinajstić information content (AvgIpc) is 2.66. The first-order chi connectivity index (χ1) is 15.9. The minimum atomic E-state index is -2.85. The van der Waals surface area contributed by atoms with Gasteiger partial charge in [-0.15, -0.1) is 0 Å². The van der Waals surface area contributed by atoms with Gasteiger partial charge < -0.3 is 19.3 Å². The van der Waals surface area contributed by atoms with Crippen LogP contribution in [0, 0.1) is 6.92 Å². The number of hydrogen-bond acceptors (Lipinski definition) is 4. The maximum atomic E-state index is 10.4. The Balaban J connectivity index is 2.07. The lowest BCUT2D eigenvalue weighted by molar-refractivity contribution is 0.0976. The summed E-state index contributed by atoms with van der Waals surface area (Å²) in [5.41, 5.74) is 1.32. The van der Waals surface area contributed by atoms with Crippen LogP contribution >= 0.6 is 0 Å². The van der Waals surface area contributed by atoms with Crippen LogP contribution in [0.4, 0.5) is 0 Å². The van der Waals surface area contributed by atoms with E-state index in [4.69, 9.17) is 27.9 Å². The molecule has 2 aromatic carbocycles. The molecule has 0 heterocycles. The third kappa shape index (κ3) is 6.31. The van der Waals surface area contributed by atoms with Crippen LogP contribution in [0.25, 0.3) is 0 Å². The van der Waals surface area contributed by atoms with Gasteiger partial charge in [-0.3, -0.25) is 0 Å². The Morgan fingerprint density at radius 3 is 2.72 bits per heavy atom. The summed E-state index contributed by atoms with van der Waals surface area (Å²) in [5, 5.41) is 10.4. The van der Waals surface area contributed by atoms with Crippen molar-refractivity contribution in [3.8, 4) is 17.2 Å². The van der Waals surface area contributed by atoms with Crippen LogP contribution in [0.2, 0.25) is 0 Å². The highest BCUT2D eigenvalue weighted by Gasteiger charge is 2.07. The van der Waals surface area contributed by atoms with E-state index in [-0.39, 0.29) is 36.5 Å². The molecule has 0 radical (unpaired) electrons.